The molecule has 1 aromatic carbocycles. The SMILES string of the molecule is CC(C)c1cccc(CN2CCOC(c3ccc(F)cc3F)C2)n1. The van der Waals surface area contributed by atoms with Gasteiger partial charge in [0, 0.05) is 37.0 Å². The summed E-state index contributed by atoms with van der Waals surface area (Å²) in [6.07, 6.45) is -0.382. The Balaban J connectivity index is 1.70. The van der Waals surface area contributed by atoms with Crippen LogP contribution in [0.5, 0.6) is 0 Å². The summed E-state index contributed by atoms with van der Waals surface area (Å²) in [6, 6.07) is 9.71. The van der Waals surface area contributed by atoms with E-state index in [1.54, 1.807) is 0 Å². The molecule has 3 nitrogen and oxygen atoms in total. The van der Waals surface area contributed by atoms with Crippen molar-refractivity contribution in [3.05, 3.63) is 65.0 Å². The highest BCUT2D eigenvalue weighted by atomic mass is 19.1. The standard InChI is InChI=1S/C19H22F2N2O/c1-13(2)18-5-3-4-15(22-18)11-23-8-9-24-19(12-23)16-7-6-14(20)10-17(16)21/h3-7,10,13,19H,8-9,11-12H2,1-2H3. The molecule has 0 amide bonds. The summed E-state index contributed by atoms with van der Waals surface area (Å²) in [4.78, 5) is 6.88. The molecule has 1 fully saturated rings. The molecule has 1 aromatic heterocycles. The Morgan fingerprint density at radius 2 is 2.08 bits per heavy atom. The van der Waals surface area contributed by atoms with Gasteiger partial charge in [0.15, 0.2) is 0 Å². The fourth-order valence-corrected chi connectivity index (χ4v) is 2.93. The van der Waals surface area contributed by atoms with Crippen molar-refractivity contribution in [2.24, 2.45) is 0 Å². The van der Waals surface area contributed by atoms with Crippen molar-refractivity contribution in [2.45, 2.75) is 32.4 Å². The summed E-state index contributed by atoms with van der Waals surface area (Å²) in [5.41, 5.74) is 2.48. The lowest BCUT2D eigenvalue weighted by Gasteiger charge is -2.33. The average molecular weight is 332 g/mol. The Bertz CT molecular complexity index is 706. The van der Waals surface area contributed by atoms with Gasteiger partial charge in [-0.25, -0.2) is 8.78 Å². The summed E-state index contributed by atoms with van der Waals surface area (Å²) in [5.74, 6) is -0.740. The fourth-order valence-electron chi connectivity index (χ4n) is 2.93. The number of rotatable bonds is 4. The van der Waals surface area contributed by atoms with Crippen LogP contribution >= 0.6 is 0 Å². The molecule has 1 atom stereocenters. The average Bonchev–Trinajstić information content (AvgIpc) is 2.55. The predicted octanol–water partition coefficient (Wildman–Crippen LogP) is 4.06. The normalized spacial score (nSPS) is 19.0. The van der Waals surface area contributed by atoms with Crippen molar-refractivity contribution in [3.63, 3.8) is 0 Å². The highest BCUT2D eigenvalue weighted by molar-refractivity contribution is 5.22. The van der Waals surface area contributed by atoms with Gasteiger partial charge in [-0.3, -0.25) is 9.88 Å². The number of hydrogen-bond acceptors (Lipinski definition) is 3. The molecule has 0 N–H and O–H groups in total. The van der Waals surface area contributed by atoms with Crippen LogP contribution in [0.4, 0.5) is 8.78 Å². The molecule has 128 valence electrons. The lowest BCUT2D eigenvalue weighted by Crippen LogP contribution is -2.38. The van der Waals surface area contributed by atoms with E-state index < -0.39 is 11.6 Å². The summed E-state index contributed by atoms with van der Waals surface area (Å²) in [6.45, 7) is 6.79. The quantitative estimate of drug-likeness (QED) is 0.844. The maximum atomic E-state index is 14.0. The second-order valence-corrected chi connectivity index (χ2v) is 6.47. The lowest BCUT2D eigenvalue weighted by molar-refractivity contribution is -0.0348. The number of nitrogens with zero attached hydrogens (tertiary/aromatic N) is 2. The van der Waals surface area contributed by atoms with E-state index in [1.165, 1.54) is 12.1 Å². The van der Waals surface area contributed by atoms with E-state index in [0.29, 0.717) is 31.2 Å². The number of aromatic nitrogens is 1. The zero-order valence-corrected chi connectivity index (χ0v) is 14.0. The van der Waals surface area contributed by atoms with Gasteiger partial charge in [-0.1, -0.05) is 26.0 Å². The lowest BCUT2D eigenvalue weighted by atomic mass is 10.1. The molecule has 5 heteroatoms. The third-order valence-corrected chi connectivity index (χ3v) is 4.27. The third kappa shape index (κ3) is 3.97. The van der Waals surface area contributed by atoms with Gasteiger partial charge in [0.25, 0.3) is 0 Å². The van der Waals surface area contributed by atoms with Crippen LogP contribution in [0.3, 0.4) is 0 Å². The first-order valence-corrected chi connectivity index (χ1v) is 8.27. The van der Waals surface area contributed by atoms with Gasteiger partial charge < -0.3 is 4.74 Å². The van der Waals surface area contributed by atoms with E-state index in [2.05, 4.69) is 23.7 Å². The largest absolute Gasteiger partial charge is 0.371 e. The zero-order valence-electron chi connectivity index (χ0n) is 14.0. The van der Waals surface area contributed by atoms with E-state index in [9.17, 15) is 8.78 Å². The van der Waals surface area contributed by atoms with E-state index in [4.69, 9.17) is 4.74 Å². The fraction of sp³-hybridized carbons (Fsp3) is 0.421. The Hall–Kier alpha value is -1.85. The first kappa shape index (κ1) is 17.0. The minimum Gasteiger partial charge on any atom is -0.371 e. The van der Waals surface area contributed by atoms with Gasteiger partial charge in [-0.15, -0.1) is 0 Å². The summed E-state index contributed by atoms with van der Waals surface area (Å²) in [7, 11) is 0. The van der Waals surface area contributed by atoms with Gasteiger partial charge in [0.1, 0.15) is 11.6 Å². The number of pyridine rings is 1. The smallest absolute Gasteiger partial charge is 0.131 e. The second-order valence-electron chi connectivity index (χ2n) is 6.47. The monoisotopic (exact) mass is 332 g/mol. The maximum absolute atomic E-state index is 14.0. The van der Waals surface area contributed by atoms with E-state index >= 15 is 0 Å². The summed E-state index contributed by atoms with van der Waals surface area (Å²) >= 11 is 0. The highest BCUT2D eigenvalue weighted by Gasteiger charge is 2.25. The van der Waals surface area contributed by atoms with E-state index in [1.807, 2.05) is 18.2 Å². The molecule has 0 bridgehead atoms. The molecule has 1 aliphatic heterocycles. The van der Waals surface area contributed by atoms with Crippen molar-refractivity contribution in [3.8, 4) is 0 Å². The zero-order chi connectivity index (χ0) is 17.1. The van der Waals surface area contributed by atoms with Crippen LogP contribution in [0.15, 0.2) is 36.4 Å². The maximum Gasteiger partial charge on any atom is 0.131 e. The van der Waals surface area contributed by atoms with Crippen LogP contribution in [-0.4, -0.2) is 29.6 Å². The predicted molar refractivity (Wildman–Crippen MR) is 88.7 cm³/mol. The number of ether oxygens (including phenoxy) is 1. The van der Waals surface area contributed by atoms with Crippen molar-refractivity contribution >= 4 is 0 Å². The molecule has 1 aliphatic rings. The van der Waals surface area contributed by atoms with E-state index in [-0.39, 0.29) is 6.10 Å². The molecule has 24 heavy (non-hydrogen) atoms. The third-order valence-electron chi connectivity index (χ3n) is 4.27. The molecule has 1 saturated heterocycles. The Labute approximate surface area is 141 Å². The minimum atomic E-state index is -0.571. The van der Waals surface area contributed by atoms with Gasteiger partial charge in [0.2, 0.25) is 0 Å². The first-order chi connectivity index (χ1) is 11.5. The second kappa shape index (κ2) is 7.36. The first-order valence-electron chi connectivity index (χ1n) is 8.27. The van der Waals surface area contributed by atoms with Crippen molar-refractivity contribution < 1.29 is 13.5 Å². The van der Waals surface area contributed by atoms with E-state index in [0.717, 1.165) is 24.0 Å². The molecule has 3 rings (SSSR count). The van der Waals surface area contributed by atoms with Gasteiger partial charge >= 0.3 is 0 Å². The molecule has 0 saturated carbocycles. The topological polar surface area (TPSA) is 25.4 Å². The van der Waals surface area contributed by atoms with Crippen LogP contribution in [0.2, 0.25) is 0 Å². The summed E-state index contributed by atoms with van der Waals surface area (Å²) < 4.78 is 32.8. The van der Waals surface area contributed by atoms with Gasteiger partial charge in [-0.05, 0) is 24.1 Å². The Kier molecular flexibility index (Phi) is 5.21. The van der Waals surface area contributed by atoms with Crippen LogP contribution in [0, 0.1) is 11.6 Å². The van der Waals surface area contributed by atoms with Crippen LogP contribution in [0.25, 0.3) is 0 Å². The number of morpholine rings is 1. The van der Waals surface area contributed by atoms with Crippen LogP contribution in [0.1, 0.15) is 42.8 Å². The van der Waals surface area contributed by atoms with Crippen LogP contribution in [-0.2, 0) is 11.3 Å². The van der Waals surface area contributed by atoms with Gasteiger partial charge in [-0.2, -0.15) is 0 Å². The highest BCUT2D eigenvalue weighted by Crippen LogP contribution is 2.26. The van der Waals surface area contributed by atoms with Gasteiger partial charge in [0.05, 0.1) is 18.4 Å². The molecule has 2 heterocycles. The molecule has 0 spiro atoms. The van der Waals surface area contributed by atoms with Crippen LogP contribution < -0.4 is 0 Å². The number of hydrogen-bond donors (Lipinski definition) is 0. The molecule has 0 aliphatic carbocycles. The molecule has 2 aromatic rings. The molecular weight excluding hydrogens is 310 g/mol. The van der Waals surface area contributed by atoms with Crippen molar-refractivity contribution in [1.82, 2.24) is 9.88 Å². The minimum absolute atomic E-state index is 0.382. The molecule has 1 unspecified atom stereocenters. The summed E-state index contributed by atoms with van der Waals surface area (Å²) in [5, 5.41) is 0. The molecule has 0 radical (unpaired) electrons. The van der Waals surface area contributed by atoms with Crippen molar-refractivity contribution in [1.29, 1.82) is 0 Å². The Morgan fingerprint density at radius 1 is 1.25 bits per heavy atom. The Morgan fingerprint density at radius 3 is 2.83 bits per heavy atom. The van der Waals surface area contributed by atoms with Crippen molar-refractivity contribution in [2.75, 3.05) is 19.7 Å². The number of halogens is 2. The molecular formula is C19H22F2N2O. The number of benzene rings is 1.